The van der Waals surface area contributed by atoms with Crippen LogP contribution in [0, 0.1) is 5.92 Å². The molecule has 2 aromatic carbocycles. The standard InChI is InChI=1S/C25H33ClO5S/c1-4-30-19-8-5-16(6-9-19)13-18-14-17(7-10-20(18)26)24-22(28)21(27)23(29)25(31-24)32-12-11-15(2)3/h5-10,14-15,21-25,27-29H,4,11-13H2,1-3H3/t21-,22-,23+,24+,25-/m1/s1. The van der Waals surface area contributed by atoms with Crippen LogP contribution in [0.4, 0.5) is 0 Å². The van der Waals surface area contributed by atoms with Gasteiger partial charge in [0, 0.05) is 5.02 Å². The van der Waals surface area contributed by atoms with Crippen molar-refractivity contribution in [1.29, 1.82) is 0 Å². The SMILES string of the molecule is CCOc1ccc(Cc2cc([C@@H]3O[C@H](SCCC(C)C)[C@@H](O)[C@H](O)[C@H]3O)ccc2Cl)cc1. The van der Waals surface area contributed by atoms with Crippen LogP contribution in [0.5, 0.6) is 5.75 Å². The molecule has 32 heavy (non-hydrogen) atoms. The van der Waals surface area contributed by atoms with E-state index in [-0.39, 0.29) is 0 Å². The molecule has 0 saturated carbocycles. The molecule has 0 spiro atoms. The second-order valence-electron chi connectivity index (χ2n) is 8.55. The first kappa shape index (κ1) is 25.3. The minimum atomic E-state index is -1.28. The number of aliphatic hydroxyl groups is 3. The second-order valence-corrected chi connectivity index (χ2v) is 10.2. The Balaban J connectivity index is 1.77. The molecule has 1 saturated heterocycles. The molecule has 1 fully saturated rings. The fourth-order valence-electron chi connectivity index (χ4n) is 3.68. The molecule has 0 bridgehead atoms. The van der Waals surface area contributed by atoms with Crippen LogP contribution < -0.4 is 4.74 Å². The van der Waals surface area contributed by atoms with Gasteiger partial charge in [-0.3, -0.25) is 0 Å². The highest BCUT2D eigenvalue weighted by Gasteiger charge is 2.44. The van der Waals surface area contributed by atoms with Gasteiger partial charge in [0.1, 0.15) is 35.6 Å². The largest absolute Gasteiger partial charge is 0.494 e. The quantitative estimate of drug-likeness (QED) is 0.487. The zero-order chi connectivity index (χ0) is 23.3. The molecular formula is C25H33ClO5S. The summed E-state index contributed by atoms with van der Waals surface area (Å²) >= 11 is 7.93. The number of thioether (sulfide) groups is 1. The molecule has 0 unspecified atom stereocenters. The molecule has 0 radical (unpaired) electrons. The van der Waals surface area contributed by atoms with Gasteiger partial charge in [-0.1, -0.05) is 49.7 Å². The van der Waals surface area contributed by atoms with Gasteiger partial charge in [0.25, 0.3) is 0 Å². The molecule has 0 aromatic heterocycles. The van der Waals surface area contributed by atoms with Crippen LogP contribution in [-0.4, -0.2) is 51.4 Å². The summed E-state index contributed by atoms with van der Waals surface area (Å²) in [6.45, 7) is 6.85. The van der Waals surface area contributed by atoms with E-state index in [0.717, 1.165) is 34.6 Å². The van der Waals surface area contributed by atoms with Gasteiger partial charge in [0.05, 0.1) is 6.61 Å². The van der Waals surface area contributed by atoms with E-state index in [0.29, 0.717) is 24.0 Å². The molecule has 5 nitrogen and oxygen atoms in total. The van der Waals surface area contributed by atoms with E-state index in [1.54, 1.807) is 12.1 Å². The van der Waals surface area contributed by atoms with Crippen LogP contribution in [0.2, 0.25) is 5.02 Å². The fraction of sp³-hybridized carbons (Fsp3) is 0.520. The maximum Gasteiger partial charge on any atom is 0.132 e. The van der Waals surface area contributed by atoms with Crippen molar-refractivity contribution in [1.82, 2.24) is 0 Å². The summed E-state index contributed by atoms with van der Waals surface area (Å²) < 4.78 is 11.6. The lowest BCUT2D eigenvalue weighted by molar-refractivity contribution is -0.200. The average molecular weight is 481 g/mol. The van der Waals surface area contributed by atoms with Crippen molar-refractivity contribution < 1.29 is 24.8 Å². The summed E-state index contributed by atoms with van der Waals surface area (Å²) in [5.41, 5.74) is 2.09. The molecule has 3 rings (SSSR count). The zero-order valence-corrected chi connectivity index (χ0v) is 20.4. The van der Waals surface area contributed by atoms with Gasteiger partial charge in [-0.2, -0.15) is 0 Å². The lowest BCUT2D eigenvalue weighted by Crippen LogP contribution is -2.53. The van der Waals surface area contributed by atoms with Gasteiger partial charge in [-0.25, -0.2) is 0 Å². The van der Waals surface area contributed by atoms with Crippen LogP contribution >= 0.6 is 23.4 Å². The smallest absolute Gasteiger partial charge is 0.132 e. The predicted octanol–water partition coefficient (Wildman–Crippen LogP) is 4.59. The molecule has 176 valence electrons. The Morgan fingerprint density at radius 2 is 1.75 bits per heavy atom. The molecule has 7 heteroatoms. The van der Waals surface area contributed by atoms with E-state index in [1.807, 2.05) is 37.3 Å². The van der Waals surface area contributed by atoms with Gasteiger partial charge in [0.2, 0.25) is 0 Å². The normalized spacial score (nSPS) is 25.8. The average Bonchev–Trinajstić information content (AvgIpc) is 2.77. The molecule has 2 aromatic rings. The first-order chi connectivity index (χ1) is 15.3. The predicted molar refractivity (Wildman–Crippen MR) is 129 cm³/mol. The van der Waals surface area contributed by atoms with Crippen LogP contribution in [-0.2, 0) is 11.2 Å². The summed E-state index contributed by atoms with van der Waals surface area (Å²) in [5, 5.41) is 32.1. The summed E-state index contributed by atoms with van der Waals surface area (Å²) in [5.74, 6) is 2.16. The molecule has 0 aliphatic carbocycles. The van der Waals surface area contributed by atoms with Gasteiger partial charge < -0.3 is 24.8 Å². The van der Waals surface area contributed by atoms with Crippen molar-refractivity contribution in [2.24, 2.45) is 5.92 Å². The highest BCUT2D eigenvalue weighted by Crippen LogP contribution is 2.38. The van der Waals surface area contributed by atoms with Gasteiger partial charge in [0.15, 0.2) is 0 Å². The molecule has 1 heterocycles. The van der Waals surface area contributed by atoms with E-state index in [4.69, 9.17) is 21.1 Å². The third-order valence-electron chi connectivity index (χ3n) is 5.57. The van der Waals surface area contributed by atoms with Crippen LogP contribution in [0.15, 0.2) is 42.5 Å². The number of ether oxygens (including phenoxy) is 2. The van der Waals surface area contributed by atoms with E-state index in [9.17, 15) is 15.3 Å². The Morgan fingerprint density at radius 3 is 2.41 bits per heavy atom. The highest BCUT2D eigenvalue weighted by atomic mass is 35.5. The monoisotopic (exact) mass is 480 g/mol. The molecular weight excluding hydrogens is 448 g/mol. The van der Waals surface area contributed by atoms with Crippen molar-refractivity contribution in [3.63, 3.8) is 0 Å². The Hall–Kier alpha value is -1.28. The Labute approximate surface area is 199 Å². The van der Waals surface area contributed by atoms with Crippen LogP contribution in [0.25, 0.3) is 0 Å². The number of benzene rings is 2. The Bertz CT molecular complexity index is 860. The Morgan fingerprint density at radius 1 is 1.03 bits per heavy atom. The van der Waals surface area contributed by atoms with E-state index >= 15 is 0 Å². The molecule has 0 amide bonds. The van der Waals surface area contributed by atoms with Crippen molar-refractivity contribution in [2.75, 3.05) is 12.4 Å². The molecule has 1 aliphatic heterocycles. The van der Waals surface area contributed by atoms with Gasteiger partial charge in [-0.15, -0.1) is 11.8 Å². The lowest BCUT2D eigenvalue weighted by Gasteiger charge is -2.40. The van der Waals surface area contributed by atoms with E-state index < -0.39 is 29.9 Å². The number of rotatable bonds is 9. The molecule has 3 N–H and O–H groups in total. The van der Waals surface area contributed by atoms with E-state index in [2.05, 4.69) is 13.8 Å². The fourth-order valence-corrected chi connectivity index (χ4v) is 5.26. The number of hydrogen-bond acceptors (Lipinski definition) is 6. The van der Waals surface area contributed by atoms with Gasteiger partial charge in [-0.05, 0) is 66.3 Å². The van der Waals surface area contributed by atoms with Crippen LogP contribution in [0.1, 0.15) is 50.0 Å². The molecule has 5 atom stereocenters. The maximum absolute atomic E-state index is 10.6. The van der Waals surface area contributed by atoms with Gasteiger partial charge >= 0.3 is 0 Å². The van der Waals surface area contributed by atoms with Crippen molar-refractivity contribution >= 4 is 23.4 Å². The number of halogens is 1. The lowest BCUT2D eigenvalue weighted by atomic mass is 9.92. The number of hydrogen-bond donors (Lipinski definition) is 3. The maximum atomic E-state index is 10.6. The van der Waals surface area contributed by atoms with E-state index in [1.165, 1.54) is 11.8 Å². The Kier molecular flexibility index (Phi) is 9.29. The first-order valence-corrected chi connectivity index (χ1v) is 12.5. The minimum Gasteiger partial charge on any atom is -0.494 e. The highest BCUT2D eigenvalue weighted by molar-refractivity contribution is 7.99. The summed E-state index contributed by atoms with van der Waals surface area (Å²) in [6, 6.07) is 13.4. The van der Waals surface area contributed by atoms with Crippen molar-refractivity contribution in [3.8, 4) is 5.75 Å². The minimum absolute atomic E-state index is 0.538. The first-order valence-electron chi connectivity index (χ1n) is 11.1. The zero-order valence-electron chi connectivity index (χ0n) is 18.8. The van der Waals surface area contributed by atoms with Crippen molar-refractivity contribution in [3.05, 3.63) is 64.2 Å². The van der Waals surface area contributed by atoms with Crippen LogP contribution in [0.3, 0.4) is 0 Å². The molecule has 1 aliphatic rings. The second kappa shape index (κ2) is 11.7. The van der Waals surface area contributed by atoms with Crippen molar-refractivity contribution in [2.45, 2.75) is 63.5 Å². The third kappa shape index (κ3) is 6.40. The summed E-state index contributed by atoms with van der Waals surface area (Å²) in [6.07, 6.45) is -2.81. The number of aliphatic hydroxyl groups excluding tert-OH is 3. The summed E-state index contributed by atoms with van der Waals surface area (Å²) in [7, 11) is 0. The summed E-state index contributed by atoms with van der Waals surface area (Å²) in [4.78, 5) is 0. The topological polar surface area (TPSA) is 79.2 Å². The third-order valence-corrected chi connectivity index (χ3v) is 7.13.